The predicted molar refractivity (Wildman–Crippen MR) is 96.2 cm³/mol. The summed E-state index contributed by atoms with van der Waals surface area (Å²) in [6, 6.07) is 15.6. The summed E-state index contributed by atoms with van der Waals surface area (Å²) in [4.78, 5) is 8.59. The van der Waals surface area contributed by atoms with Gasteiger partial charge in [-0.1, -0.05) is 24.3 Å². The predicted octanol–water partition coefficient (Wildman–Crippen LogP) is 3.58. The highest BCUT2D eigenvalue weighted by molar-refractivity contribution is 6.00. The molecule has 0 fully saturated rings. The van der Waals surface area contributed by atoms with Crippen LogP contribution in [0.2, 0.25) is 0 Å². The number of azo groups is 1. The van der Waals surface area contributed by atoms with Crippen LogP contribution in [0, 0.1) is 0 Å². The third-order valence-electron chi connectivity index (χ3n) is 3.88. The van der Waals surface area contributed by atoms with Crippen molar-refractivity contribution in [3.63, 3.8) is 0 Å². The number of nitrogen functional groups attached to an aromatic ring is 1. The fourth-order valence-electron chi connectivity index (χ4n) is 2.65. The molecule has 1 aliphatic rings. The van der Waals surface area contributed by atoms with Crippen LogP contribution in [0.15, 0.2) is 69.9 Å². The SMILES string of the molecule is Nc1ncc2ccccc2c1N=Nc1ccc(C2=NCCN2)cc1. The number of rotatable bonds is 3. The van der Waals surface area contributed by atoms with Crippen LogP contribution < -0.4 is 11.1 Å². The van der Waals surface area contributed by atoms with Crippen LogP contribution in [-0.2, 0) is 0 Å². The van der Waals surface area contributed by atoms with Gasteiger partial charge in [-0.15, -0.1) is 5.11 Å². The minimum atomic E-state index is 0.374. The minimum absolute atomic E-state index is 0.374. The molecule has 4 rings (SSSR count). The Hall–Kier alpha value is -3.28. The van der Waals surface area contributed by atoms with Crippen LogP contribution >= 0.6 is 0 Å². The lowest BCUT2D eigenvalue weighted by Gasteiger charge is -2.04. The molecular weight excluding hydrogens is 300 g/mol. The van der Waals surface area contributed by atoms with E-state index in [1.54, 1.807) is 6.20 Å². The van der Waals surface area contributed by atoms with Crippen LogP contribution in [0.4, 0.5) is 17.2 Å². The van der Waals surface area contributed by atoms with Gasteiger partial charge in [0.1, 0.15) is 11.5 Å². The average Bonchev–Trinajstić information content (AvgIpc) is 3.16. The van der Waals surface area contributed by atoms with Gasteiger partial charge in [0.15, 0.2) is 5.82 Å². The number of aromatic nitrogens is 1. The molecule has 1 aromatic heterocycles. The zero-order valence-electron chi connectivity index (χ0n) is 13.0. The van der Waals surface area contributed by atoms with Crippen LogP contribution in [0.3, 0.4) is 0 Å². The van der Waals surface area contributed by atoms with E-state index >= 15 is 0 Å². The number of nitrogens with two attached hydrogens (primary N) is 1. The molecule has 2 aromatic carbocycles. The first kappa shape index (κ1) is 14.3. The fourth-order valence-corrected chi connectivity index (χ4v) is 2.65. The maximum atomic E-state index is 5.97. The Labute approximate surface area is 139 Å². The minimum Gasteiger partial charge on any atom is -0.382 e. The summed E-state index contributed by atoms with van der Waals surface area (Å²) in [7, 11) is 0. The largest absolute Gasteiger partial charge is 0.382 e. The molecule has 0 spiro atoms. The van der Waals surface area contributed by atoms with Crippen LogP contribution in [0.5, 0.6) is 0 Å². The summed E-state index contributed by atoms with van der Waals surface area (Å²) in [5.41, 5.74) is 8.37. The highest BCUT2D eigenvalue weighted by Crippen LogP contribution is 2.31. The topological polar surface area (TPSA) is 88.0 Å². The van der Waals surface area contributed by atoms with E-state index in [0.29, 0.717) is 11.5 Å². The van der Waals surface area contributed by atoms with Crippen LogP contribution in [-0.4, -0.2) is 23.9 Å². The molecule has 0 unspecified atom stereocenters. The highest BCUT2D eigenvalue weighted by Gasteiger charge is 2.08. The Morgan fingerprint density at radius 2 is 1.83 bits per heavy atom. The molecule has 118 valence electrons. The number of hydrogen-bond donors (Lipinski definition) is 2. The molecule has 0 amide bonds. The van der Waals surface area contributed by atoms with Gasteiger partial charge in [-0.2, -0.15) is 5.11 Å². The number of amidine groups is 1. The summed E-state index contributed by atoms with van der Waals surface area (Å²) in [6.45, 7) is 1.72. The van der Waals surface area contributed by atoms with E-state index < -0.39 is 0 Å². The van der Waals surface area contributed by atoms with Crippen molar-refractivity contribution in [1.82, 2.24) is 10.3 Å². The first-order chi connectivity index (χ1) is 11.8. The van der Waals surface area contributed by atoms with E-state index in [1.165, 1.54) is 0 Å². The Kier molecular flexibility index (Phi) is 3.63. The molecule has 0 saturated heterocycles. The summed E-state index contributed by atoms with van der Waals surface area (Å²) < 4.78 is 0. The lowest BCUT2D eigenvalue weighted by atomic mass is 10.1. The number of nitrogens with one attached hydrogen (secondary N) is 1. The molecule has 0 radical (unpaired) electrons. The molecule has 6 heteroatoms. The summed E-state index contributed by atoms with van der Waals surface area (Å²) in [6.07, 6.45) is 1.74. The molecule has 0 bridgehead atoms. The zero-order chi connectivity index (χ0) is 16.4. The van der Waals surface area contributed by atoms with Crippen molar-refractivity contribution in [3.8, 4) is 0 Å². The van der Waals surface area contributed by atoms with Gasteiger partial charge in [0.25, 0.3) is 0 Å². The quantitative estimate of drug-likeness (QED) is 0.724. The van der Waals surface area contributed by atoms with Crippen molar-refractivity contribution in [2.24, 2.45) is 15.2 Å². The van der Waals surface area contributed by atoms with Gasteiger partial charge in [-0.3, -0.25) is 4.99 Å². The molecule has 2 heterocycles. The van der Waals surface area contributed by atoms with E-state index in [0.717, 1.165) is 40.9 Å². The number of hydrogen-bond acceptors (Lipinski definition) is 6. The van der Waals surface area contributed by atoms with Crippen LogP contribution in [0.1, 0.15) is 5.56 Å². The zero-order valence-corrected chi connectivity index (χ0v) is 13.0. The number of fused-ring (bicyclic) bond motifs is 1. The van der Waals surface area contributed by atoms with Crippen molar-refractivity contribution in [3.05, 3.63) is 60.3 Å². The number of benzene rings is 2. The van der Waals surface area contributed by atoms with Crippen molar-refractivity contribution >= 4 is 33.8 Å². The Balaban J connectivity index is 1.64. The molecule has 3 aromatic rings. The second-order valence-electron chi connectivity index (χ2n) is 5.48. The maximum Gasteiger partial charge on any atom is 0.151 e. The summed E-state index contributed by atoms with van der Waals surface area (Å²) >= 11 is 0. The lowest BCUT2D eigenvalue weighted by molar-refractivity contribution is 0.960. The maximum absolute atomic E-state index is 5.97. The van der Waals surface area contributed by atoms with E-state index in [-0.39, 0.29) is 0 Å². The van der Waals surface area contributed by atoms with Gasteiger partial charge in [0, 0.05) is 29.1 Å². The van der Waals surface area contributed by atoms with Crippen LogP contribution in [0.25, 0.3) is 10.8 Å². The Morgan fingerprint density at radius 1 is 1.00 bits per heavy atom. The first-order valence-electron chi connectivity index (χ1n) is 7.75. The van der Waals surface area contributed by atoms with Crippen molar-refractivity contribution in [2.75, 3.05) is 18.8 Å². The van der Waals surface area contributed by atoms with Crippen molar-refractivity contribution < 1.29 is 0 Å². The van der Waals surface area contributed by atoms with E-state index in [2.05, 4.69) is 25.5 Å². The summed E-state index contributed by atoms with van der Waals surface area (Å²) in [5.74, 6) is 1.31. The molecule has 24 heavy (non-hydrogen) atoms. The lowest BCUT2D eigenvalue weighted by Crippen LogP contribution is -2.19. The monoisotopic (exact) mass is 316 g/mol. The fraction of sp³-hybridized carbons (Fsp3) is 0.111. The summed E-state index contributed by atoms with van der Waals surface area (Å²) in [5, 5.41) is 13.8. The van der Waals surface area contributed by atoms with E-state index in [9.17, 15) is 0 Å². The second-order valence-corrected chi connectivity index (χ2v) is 5.48. The molecule has 0 saturated carbocycles. The molecule has 6 nitrogen and oxygen atoms in total. The van der Waals surface area contributed by atoms with Gasteiger partial charge in [0.05, 0.1) is 12.2 Å². The van der Waals surface area contributed by atoms with Gasteiger partial charge in [-0.25, -0.2) is 4.98 Å². The third kappa shape index (κ3) is 2.69. The smallest absolute Gasteiger partial charge is 0.151 e. The molecular formula is C18H16N6. The molecule has 1 aliphatic heterocycles. The number of nitrogens with zero attached hydrogens (tertiary/aromatic N) is 4. The number of anilines is 1. The number of pyridine rings is 1. The van der Waals surface area contributed by atoms with E-state index in [1.807, 2.05) is 48.5 Å². The van der Waals surface area contributed by atoms with Gasteiger partial charge in [0.2, 0.25) is 0 Å². The van der Waals surface area contributed by atoms with E-state index in [4.69, 9.17) is 5.73 Å². The Bertz CT molecular complexity index is 943. The van der Waals surface area contributed by atoms with Crippen molar-refractivity contribution in [1.29, 1.82) is 0 Å². The van der Waals surface area contributed by atoms with Gasteiger partial charge >= 0.3 is 0 Å². The Morgan fingerprint density at radius 3 is 2.62 bits per heavy atom. The average molecular weight is 316 g/mol. The number of aliphatic imine (C=N–C) groups is 1. The van der Waals surface area contributed by atoms with Gasteiger partial charge < -0.3 is 11.1 Å². The van der Waals surface area contributed by atoms with Gasteiger partial charge in [-0.05, 0) is 24.3 Å². The molecule has 3 N–H and O–H groups in total. The normalized spacial score (nSPS) is 14.1. The molecule has 0 aliphatic carbocycles. The third-order valence-corrected chi connectivity index (χ3v) is 3.88. The second kappa shape index (κ2) is 6.08. The standard InChI is InChI=1S/C18H16N6/c19-17-16(15-4-2-1-3-13(15)11-22-17)24-23-14-7-5-12(6-8-14)18-20-9-10-21-18/h1-8,11H,9-10H2,(H2,19,22)(H,20,21). The van der Waals surface area contributed by atoms with Crippen molar-refractivity contribution in [2.45, 2.75) is 0 Å². The molecule has 0 atom stereocenters. The highest BCUT2D eigenvalue weighted by atomic mass is 15.1. The first-order valence-corrected chi connectivity index (χ1v) is 7.75.